The van der Waals surface area contributed by atoms with Crippen LogP contribution in [0.5, 0.6) is 17.2 Å². The SMILES string of the molecule is COc1cc(Nc2ccnc3cc(OCCCN4CCN(C)CC4)cc(OC)c23)c(Cl)cc1Cl. The Morgan fingerprint density at radius 2 is 1.71 bits per heavy atom. The van der Waals surface area contributed by atoms with E-state index in [1.807, 2.05) is 18.2 Å². The third-order valence-corrected chi connectivity index (χ3v) is 6.60. The van der Waals surface area contributed by atoms with Gasteiger partial charge in [-0.25, -0.2) is 0 Å². The van der Waals surface area contributed by atoms with Crippen molar-refractivity contribution >= 4 is 45.5 Å². The van der Waals surface area contributed by atoms with E-state index in [4.69, 9.17) is 37.4 Å². The van der Waals surface area contributed by atoms with Gasteiger partial charge in [-0.05, 0) is 25.6 Å². The highest BCUT2D eigenvalue weighted by Gasteiger charge is 2.15. The van der Waals surface area contributed by atoms with Crippen LogP contribution in [0.3, 0.4) is 0 Å². The summed E-state index contributed by atoms with van der Waals surface area (Å²) in [6.07, 6.45) is 2.71. The van der Waals surface area contributed by atoms with Crippen LogP contribution in [0.2, 0.25) is 10.0 Å². The van der Waals surface area contributed by atoms with E-state index >= 15 is 0 Å². The molecule has 182 valence electrons. The van der Waals surface area contributed by atoms with Gasteiger partial charge in [0.05, 0.1) is 53.1 Å². The second kappa shape index (κ2) is 11.3. The molecule has 1 fully saturated rings. The van der Waals surface area contributed by atoms with E-state index in [2.05, 4.69) is 27.1 Å². The van der Waals surface area contributed by atoms with Crippen molar-refractivity contribution in [3.05, 3.63) is 46.6 Å². The number of piperazine rings is 1. The summed E-state index contributed by atoms with van der Waals surface area (Å²) in [6, 6.07) is 9.12. The second-order valence-electron chi connectivity index (χ2n) is 8.32. The Hall–Kier alpha value is -2.45. The van der Waals surface area contributed by atoms with E-state index in [1.165, 1.54) is 0 Å². The van der Waals surface area contributed by atoms with Crippen molar-refractivity contribution in [1.82, 2.24) is 14.8 Å². The number of rotatable bonds is 9. The largest absolute Gasteiger partial charge is 0.496 e. The normalized spacial score (nSPS) is 14.9. The zero-order chi connectivity index (χ0) is 24.1. The first kappa shape index (κ1) is 24.7. The van der Waals surface area contributed by atoms with Gasteiger partial charge in [-0.3, -0.25) is 4.98 Å². The van der Waals surface area contributed by atoms with E-state index in [1.54, 1.807) is 32.5 Å². The molecule has 1 N–H and O–H groups in total. The number of fused-ring (bicyclic) bond motifs is 1. The highest BCUT2D eigenvalue weighted by atomic mass is 35.5. The summed E-state index contributed by atoms with van der Waals surface area (Å²) in [4.78, 5) is 9.39. The van der Waals surface area contributed by atoms with Crippen LogP contribution in [0, 0.1) is 0 Å². The maximum atomic E-state index is 6.42. The lowest BCUT2D eigenvalue weighted by Crippen LogP contribution is -2.44. The molecule has 0 bridgehead atoms. The molecule has 0 radical (unpaired) electrons. The Balaban J connectivity index is 1.49. The molecule has 0 unspecified atom stereocenters. The van der Waals surface area contributed by atoms with Gasteiger partial charge in [-0.15, -0.1) is 0 Å². The Labute approximate surface area is 210 Å². The standard InChI is InChI=1S/C25H30Cl2N4O3/c1-30-8-10-31(11-9-30)7-4-12-34-17-13-22-25(24(14-17)33-3)20(5-6-28-22)29-21-16-23(32-2)19(27)15-18(21)26/h5-6,13-16H,4,7-12H2,1-3H3,(H,28,29). The molecule has 34 heavy (non-hydrogen) atoms. The number of aromatic nitrogens is 1. The molecule has 0 amide bonds. The first-order chi connectivity index (χ1) is 16.5. The molecule has 7 nitrogen and oxygen atoms in total. The first-order valence-corrected chi connectivity index (χ1v) is 12.0. The fourth-order valence-electron chi connectivity index (χ4n) is 4.05. The van der Waals surface area contributed by atoms with Gasteiger partial charge in [-0.1, -0.05) is 23.2 Å². The molecule has 1 saturated heterocycles. The van der Waals surface area contributed by atoms with Gasteiger partial charge >= 0.3 is 0 Å². The molecule has 3 aromatic rings. The van der Waals surface area contributed by atoms with Crippen LogP contribution < -0.4 is 19.5 Å². The van der Waals surface area contributed by atoms with Crippen LogP contribution >= 0.6 is 23.2 Å². The minimum Gasteiger partial charge on any atom is -0.496 e. The summed E-state index contributed by atoms with van der Waals surface area (Å²) in [5.74, 6) is 1.93. The number of hydrogen-bond donors (Lipinski definition) is 1. The Bertz CT molecular complexity index is 1140. The first-order valence-electron chi connectivity index (χ1n) is 11.3. The molecule has 0 saturated carbocycles. The number of pyridine rings is 1. The Morgan fingerprint density at radius 1 is 0.941 bits per heavy atom. The Morgan fingerprint density at radius 3 is 2.44 bits per heavy atom. The maximum absolute atomic E-state index is 6.42. The number of hydrogen-bond acceptors (Lipinski definition) is 7. The number of nitrogens with one attached hydrogen (secondary N) is 1. The van der Waals surface area contributed by atoms with E-state index < -0.39 is 0 Å². The summed E-state index contributed by atoms with van der Waals surface area (Å²) in [6.45, 7) is 6.15. The van der Waals surface area contributed by atoms with E-state index in [0.717, 1.165) is 61.5 Å². The number of likely N-dealkylation sites (N-methyl/N-ethyl adjacent to an activating group) is 1. The summed E-state index contributed by atoms with van der Waals surface area (Å²) >= 11 is 12.6. The second-order valence-corrected chi connectivity index (χ2v) is 9.13. The van der Waals surface area contributed by atoms with Crippen LogP contribution in [0.25, 0.3) is 10.9 Å². The molecule has 0 spiro atoms. The van der Waals surface area contributed by atoms with Gasteiger partial charge in [0.1, 0.15) is 17.2 Å². The lowest BCUT2D eigenvalue weighted by Gasteiger charge is -2.32. The summed E-state index contributed by atoms with van der Waals surface area (Å²) < 4.78 is 17.1. The van der Waals surface area contributed by atoms with E-state index in [0.29, 0.717) is 33.8 Å². The van der Waals surface area contributed by atoms with Gasteiger partial charge in [0.25, 0.3) is 0 Å². The number of benzene rings is 2. The zero-order valence-electron chi connectivity index (χ0n) is 19.7. The van der Waals surface area contributed by atoms with Gasteiger partial charge in [0.2, 0.25) is 0 Å². The van der Waals surface area contributed by atoms with Gasteiger partial charge in [0, 0.05) is 57.1 Å². The van der Waals surface area contributed by atoms with Crippen LogP contribution in [-0.2, 0) is 0 Å². The molecule has 1 aromatic heterocycles. The third kappa shape index (κ3) is 5.78. The van der Waals surface area contributed by atoms with Crippen LogP contribution in [0.4, 0.5) is 11.4 Å². The van der Waals surface area contributed by atoms with Crippen molar-refractivity contribution in [2.75, 3.05) is 65.9 Å². The number of halogens is 2. The van der Waals surface area contributed by atoms with Crippen LogP contribution in [0.1, 0.15) is 6.42 Å². The predicted octanol–water partition coefficient (Wildman–Crippen LogP) is 5.32. The van der Waals surface area contributed by atoms with Gasteiger partial charge < -0.3 is 29.3 Å². The van der Waals surface area contributed by atoms with Crippen LogP contribution in [-0.4, -0.2) is 75.4 Å². The average Bonchev–Trinajstić information content (AvgIpc) is 2.84. The predicted molar refractivity (Wildman–Crippen MR) is 139 cm³/mol. The molecule has 0 atom stereocenters. The van der Waals surface area contributed by atoms with Gasteiger partial charge in [0.15, 0.2) is 0 Å². The molecular weight excluding hydrogens is 475 g/mol. The summed E-state index contributed by atoms with van der Waals surface area (Å²) in [7, 11) is 5.38. The fourth-order valence-corrected chi connectivity index (χ4v) is 4.56. The van der Waals surface area contributed by atoms with Crippen molar-refractivity contribution in [3.63, 3.8) is 0 Å². The van der Waals surface area contributed by atoms with Crippen molar-refractivity contribution in [1.29, 1.82) is 0 Å². The number of nitrogens with zero attached hydrogens (tertiary/aromatic N) is 3. The molecule has 0 aliphatic carbocycles. The lowest BCUT2D eigenvalue weighted by molar-refractivity contribution is 0.145. The molecule has 1 aliphatic rings. The molecule has 4 rings (SSSR count). The highest BCUT2D eigenvalue weighted by Crippen LogP contribution is 2.40. The number of methoxy groups -OCH3 is 2. The molecule has 1 aliphatic heterocycles. The third-order valence-electron chi connectivity index (χ3n) is 5.99. The Kier molecular flexibility index (Phi) is 8.21. The van der Waals surface area contributed by atoms with E-state index in [-0.39, 0.29) is 0 Å². The van der Waals surface area contributed by atoms with Gasteiger partial charge in [-0.2, -0.15) is 0 Å². The van der Waals surface area contributed by atoms with Crippen molar-refractivity contribution in [2.24, 2.45) is 0 Å². The monoisotopic (exact) mass is 504 g/mol. The smallest absolute Gasteiger partial charge is 0.139 e. The molecule has 2 heterocycles. The minimum atomic E-state index is 0.449. The van der Waals surface area contributed by atoms with Crippen molar-refractivity contribution in [2.45, 2.75) is 6.42 Å². The van der Waals surface area contributed by atoms with Crippen LogP contribution in [0.15, 0.2) is 36.5 Å². The molecule has 2 aromatic carbocycles. The quantitative estimate of drug-likeness (QED) is 0.395. The highest BCUT2D eigenvalue weighted by molar-refractivity contribution is 6.37. The summed E-state index contributed by atoms with van der Waals surface area (Å²) in [5, 5.41) is 5.13. The average molecular weight is 505 g/mol. The minimum absolute atomic E-state index is 0.449. The summed E-state index contributed by atoms with van der Waals surface area (Å²) in [5.41, 5.74) is 2.23. The number of anilines is 2. The molecular formula is C25H30Cl2N4O3. The zero-order valence-corrected chi connectivity index (χ0v) is 21.2. The van der Waals surface area contributed by atoms with E-state index in [9.17, 15) is 0 Å². The lowest BCUT2D eigenvalue weighted by atomic mass is 10.1. The maximum Gasteiger partial charge on any atom is 0.139 e. The molecule has 9 heteroatoms. The fraction of sp³-hybridized carbons (Fsp3) is 0.400. The topological polar surface area (TPSA) is 59.1 Å². The van der Waals surface area contributed by atoms with Crippen molar-refractivity contribution < 1.29 is 14.2 Å². The van der Waals surface area contributed by atoms with Crippen molar-refractivity contribution in [3.8, 4) is 17.2 Å². The number of ether oxygens (including phenoxy) is 3.